The number of fused-ring (bicyclic) bond motifs is 1. The molecule has 1 aliphatic rings. The summed E-state index contributed by atoms with van der Waals surface area (Å²) in [4.78, 5) is 12.5. The number of rotatable bonds is 6. The Labute approximate surface area is 163 Å². The molecule has 3 aromatic carbocycles. The summed E-state index contributed by atoms with van der Waals surface area (Å²) in [6.07, 6.45) is 0.976. The molecular weight excluding hydrogens is 354 g/mol. The lowest BCUT2D eigenvalue weighted by molar-refractivity contribution is -0.116. The van der Waals surface area contributed by atoms with E-state index in [0.29, 0.717) is 37.5 Å². The Hall–Kier alpha value is -3.47. The van der Waals surface area contributed by atoms with Gasteiger partial charge in [-0.25, -0.2) is 0 Å². The predicted octanol–water partition coefficient (Wildman–Crippen LogP) is 4.82. The molecule has 0 aliphatic carbocycles. The third-order valence-corrected chi connectivity index (χ3v) is 4.38. The number of carbonyl (C=O) groups excluding carboxylic acids is 1. The van der Waals surface area contributed by atoms with Crippen molar-refractivity contribution in [2.24, 2.45) is 0 Å². The fourth-order valence-electron chi connectivity index (χ4n) is 2.99. The maximum atomic E-state index is 12.5. The van der Waals surface area contributed by atoms with E-state index in [0.717, 1.165) is 22.8 Å². The van der Waals surface area contributed by atoms with Gasteiger partial charge in [-0.15, -0.1) is 0 Å². The second kappa shape index (κ2) is 8.48. The maximum Gasteiger partial charge on any atom is 0.224 e. The smallest absolute Gasteiger partial charge is 0.224 e. The van der Waals surface area contributed by atoms with E-state index in [4.69, 9.17) is 14.2 Å². The number of ether oxygens (including phenoxy) is 3. The summed E-state index contributed by atoms with van der Waals surface area (Å²) in [5.74, 6) is 2.76. The van der Waals surface area contributed by atoms with Gasteiger partial charge in [-0.1, -0.05) is 36.4 Å². The summed E-state index contributed by atoms with van der Waals surface area (Å²) in [6.45, 7) is 1.12. The molecule has 0 bridgehead atoms. The van der Waals surface area contributed by atoms with Crippen molar-refractivity contribution < 1.29 is 19.0 Å². The SMILES string of the molecule is O=C(CCc1ccc2c(c1)OCCO2)Nc1ccccc1Oc1ccccc1. The molecule has 0 saturated carbocycles. The molecule has 1 heterocycles. The highest BCUT2D eigenvalue weighted by Crippen LogP contribution is 2.32. The van der Waals surface area contributed by atoms with Crippen LogP contribution in [0.25, 0.3) is 0 Å². The molecule has 142 valence electrons. The van der Waals surface area contributed by atoms with Crippen molar-refractivity contribution in [3.05, 3.63) is 78.4 Å². The van der Waals surface area contributed by atoms with Crippen LogP contribution in [0.4, 0.5) is 5.69 Å². The molecule has 5 heteroatoms. The Morgan fingerprint density at radius 2 is 1.64 bits per heavy atom. The highest BCUT2D eigenvalue weighted by atomic mass is 16.6. The Bertz CT molecular complexity index is 956. The fourth-order valence-corrected chi connectivity index (χ4v) is 2.99. The molecule has 1 aliphatic heterocycles. The number of aryl methyl sites for hydroxylation is 1. The van der Waals surface area contributed by atoms with Gasteiger partial charge >= 0.3 is 0 Å². The number of carbonyl (C=O) groups is 1. The van der Waals surface area contributed by atoms with E-state index >= 15 is 0 Å². The molecule has 4 rings (SSSR count). The highest BCUT2D eigenvalue weighted by molar-refractivity contribution is 5.92. The number of nitrogens with one attached hydrogen (secondary N) is 1. The summed E-state index contributed by atoms with van der Waals surface area (Å²) >= 11 is 0. The van der Waals surface area contributed by atoms with Crippen molar-refractivity contribution in [2.45, 2.75) is 12.8 Å². The monoisotopic (exact) mass is 375 g/mol. The average molecular weight is 375 g/mol. The van der Waals surface area contributed by atoms with Crippen molar-refractivity contribution in [3.63, 3.8) is 0 Å². The number of para-hydroxylation sites is 3. The van der Waals surface area contributed by atoms with Crippen LogP contribution >= 0.6 is 0 Å². The van der Waals surface area contributed by atoms with Crippen LogP contribution in [0, 0.1) is 0 Å². The van der Waals surface area contributed by atoms with Crippen LogP contribution in [0.3, 0.4) is 0 Å². The molecule has 0 aromatic heterocycles. The van der Waals surface area contributed by atoms with Gasteiger partial charge in [0.25, 0.3) is 0 Å². The molecule has 0 unspecified atom stereocenters. The molecule has 1 amide bonds. The Balaban J connectivity index is 1.38. The Morgan fingerprint density at radius 3 is 2.50 bits per heavy atom. The van der Waals surface area contributed by atoms with E-state index in [1.165, 1.54) is 0 Å². The first-order valence-corrected chi connectivity index (χ1v) is 9.28. The van der Waals surface area contributed by atoms with Crippen LogP contribution < -0.4 is 19.5 Å². The minimum absolute atomic E-state index is 0.0704. The number of hydrogen-bond acceptors (Lipinski definition) is 4. The number of anilines is 1. The number of hydrogen-bond donors (Lipinski definition) is 1. The van der Waals surface area contributed by atoms with Crippen LogP contribution in [-0.2, 0) is 11.2 Å². The highest BCUT2D eigenvalue weighted by Gasteiger charge is 2.13. The first kappa shape index (κ1) is 17.9. The number of benzene rings is 3. The van der Waals surface area contributed by atoms with Crippen LogP contribution in [0.2, 0.25) is 0 Å². The van der Waals surface area contributed by atoms with Gasteiger partial charge in [0.05, 0.1) is 5.69 Å². The quantitative estimate of drug-likeness (QED) is 0.671. The first-order valence-electron chi connectivity index (χ1n) is 9.28. The van der Waals surface area contributed by atoms with E-state index in [-0.39, 0.29) is 5.91 Å². The normalized spacial score (nSPS) is 12.3. The molecule has 0 saturated heterocycles. The zero-order valence-electron chi connectivity index (χ0n) is 15.4. The average Bonchev–Trinajstić information content (AvgIpc) is 2.74. The lowest BCUT2D eigenvalue weighted by Gasteiger charge is -2.18. The molecule has 0 fully saturated rings. The van der Waals surface area contributed by atoms with Gasteiger partial charge in [0.15, 0.2) is 17.2 Å². The molecule has 0 radical (unpaired) electrons. The molecule has 5 nitrogen and oxygen atoms in total. The Kier molecular flexibility index (Phi) is 5.43. The third-order valence-electron chi connectivity index (χ3n) is 4.38. The van der Waals surface area contributed by atoms with E-state index in [1.54, 1.807) is 0 Å². The Morgan fingerprint density at radius 1 is 0.893 bits per heavy atom. The van der Waals surface area contributed by atoms with Crippen LogP contribution in [0.15, 0.2) is 72.8 Å². The topological polar surface area (TPSA) is 56.8 Å². The maximum absolute atomic E-state index is 12.5. The summed E-state index contributed by atoms with van der Waals surface area (Å²) in [6, 6.07) is 22.7. The molecule has 0 atom stereocenters. The van der Waals surface area contributed by atoms with Gasteiger partial charge in [-0.05, 0) is 48.4 Å². The lowest BCUT2D eigenvalue weighted by atomic mass is 10.1. The third kappa shape index (κ3) is 4.43. The van der Waals surface area contributed by atoms with Crippen molar-refractivity contribution >= 4 is 11.6 Å². The molecule has 1 N–H and O–H groups in total. The molecule has 28 heavy (non-hydrogen) atoms. The lowest BCUT2D eigenvalue weighted by Crippen LogP contribution is -2.16. The van der Waals surface area contributed by atoms with Gasteiger partial charge in [0.2, 0.25) is 5.91 Å². The van der Waals surface area contributed by atoms with Gasteiger partial charge in [-0.3, -0.25) is 4.79 Å². The second-order valence-corrected chi connectivity index (χ2v) is 6.44. The van der Waals surface area contributed by atoms with Crippen molar-refractivity contribution in [2.75, 3.05) is 18.5 Å². The van der Waals surface area contributed by atoms with Crippen LogP contribution in [-0.4, -0.2) is 19.1 Å². The van der Waals surface area contributed by atoms with E-state index in [2.05, 4.69) is 5.32 Å². The first-order chi connectivity index (χ1) is 13.8. The summed E-state index contributed by atoms with van der Waals surface area (Å²) in [7, 11) is 0. The summed E-state index contributed by atoms with van der Waals surface area (Å²) < 4.78 is 17.0. The van der Waals surface area contributed by atoms with Crippen LogP contribution in [0.1, 0.15) is 12.0 Å². The van der Waals surface area contributed by atoms with Crippen molar-refractivity contribution in [3.8, 4) is 23.0 Å². The zero-order chi connectivity index (χ0) is 19.2. The summed E-state index contributed by atoms with van der Waals surface area (Å²) in [5, 5.41) is 2.94. The minimum atomic E-state index is -0.0704. The van der Waals surface area contributed by atoms with Crippen molar-refractivity contribution in [1.29, 1.82) is 0 Å². The summed E-state index contributed by atoms with van der Waals surface area (Å²) in [5.41, 5.74) is 1.69. The fraction of sp³-hybridized carbons (Fsp3) is 0.174. The predicted molar refractivity (Wildman–Crippen MR) is 107 cm³/mol. The van der Waals surface area contributed by atoms with Gasteiger partial charge < -0.3 is 19.5 Å². The largest absolute Gasteiger partial charge is 0.486 e. The zero-order valence-corrected chi connectivity index (χ0v) is 15.4. The van der Waals surface area contributed by atoms with E-state index < -0.39 is 0 Å². The van der Waals surface area contributed by atoms with E-state index in [9.17, 15) is 4.79 Å². The number of amides is 1. The van der Waals surface area contributed by atoms with Gasteiger partial charge in [0, 0.05) is 6.42 Å². The van der Waals surface area contributed by atoms with Crippen LogP contribution in [0.5, 0.6) is 23.0 Å². The van der Waals surface area contributed by atoms with Gasteiger partial charge in [-0.2, -0.15) is 0 Å². The van der Waals surface area contributed by atoms with Gasteiger partial charge in [0.1, 0.15) is 19.0 Å². The van der Waals surface area contributed by atoms with Crippen molar-refractivity contribution in [1.82, 2.24) is 0 Å². The molecular formula is C23H21NO4. The van der Waals surface area contributed by atoms with E-state index in [1.807, 2.05) is 72.8 Å². The molecule has 0 spiro atoms. The minimum Gasteiger partial charge on any atom is -0.486 e. The molecule has 3 aromatic rings. The standard InChI is InChI=1S/C23H21NO4/c25-23(13-11-17-10-12-21-22(16-17)27-15-14-26-21)24-19-8-4-5-9-20(19)28-18-6-2-1-3-7-18/h1-10,12,16H,11,13-15H2,(H,24,25). The second-order valence-electron chi connectivity index (χ2n) is 6.44.